The number of thiocarbonyl (C=S) groups is 1. The zero-order chi connectivity index (χ0) is 21.9. The molecule has 0 aromatic heterocycles. The van der Waals surface area contributed by atoms with Crippen molar-refractivity contribution in [2.24, 2.45) is 0 Å². The van der Waals surface area contributed by atoms with E-state index in [0.717, 1.165) is 24.5 Å². The number of halogens is 1. The lowest BCUT2D eigenvalue weighted by molar-refractivity contribution is 0.0977. The van der Waals surface area contributed by atoms with Crippen molar-refractivity contribution in [1.82, 2.24) is 5.32 Å². The number of ether oxygens (including phenoxy) is 2. The number of benzene rings is 2. The van der Waals surface area contributed by atoms with E-state index in [1.54, 1.807) is 18.2 Å². The van der Waals surface area contributed by atoms with Gasteiger partial charge in [-0.1, -0.05) is 26.2 Å². The lowest BCUT2D eigenvalue weighted by Gasteiger charge is -2.13. The first-order chi connectivity index (χ1) is 14.4. The lowest BCUT2D eigenvalue weighted by Crippen LogP contribution is -2.34. The van der Waals surface area contributed by atoms with E-state index in [1.165, 1.54) is 19.3 Å². The second kappa shape index (κ2) is 12.5. The number of nitrogens with one attached hydrogen (secondary N) is 2. The highest BCUT2D eigenvalue weighted by Crippen LogP contribution is 2.27. The van der Waals surface area contributed by atoms with Crippen LogP contribution in [0.1, 0.15) is 56.8 Å². The van der Waals surface area contributed by atoms with E-state index in [-0.39, 0.29) is 17.1 Å². The number of unbranched alkanes of at least 4 members (excludes halogenated alkanes) is 3. The van der Waals surface area contributed by atoms with Gasteiger partial charge in [-0.15, -0.1) is 0 Å². The van der Waals surface area contributed by atoms with Crippen LogP contribution in [-0.4, -0.2) is 23.7 Å². The zero-order valence-electron chi connectivity index (χ0n) is 17.7. The summed E-state index contributed by atoms with van der Waals surface area (Å²) in [5, 5.41) is 5.93. The van der Waals surface area contributed by atoms with Crippen LogP contribution in [0.5, 0.6) is 11.5 Å². The van der Waals surface area contributed by atoms with E-state index in [0.29, 0.717) is 15.8 Å². The van der Waals surface area contributed by atoms with Gasteiger partial charge in [-0.2, -0.15) is 0 Å². The third kappa shape index (κ3) is 8.32. The predicted molar refractivity (Wildman–Crippen MR) is 130 cm³/mol. The van der Waals surface area contributed by atoms with Crippen molar-refractivity contribution in [1.29, 1.82) is 0 Å². The third-order valence-corrected chi connectivity index (χ3v) is 4.99. The quantitative estimate of drug-likeness (QED) is 0.300. The Balaban J connectivity index is 1.83. The van der Waals surface area contributed by atoms with Crippen molar-refractivity contribution in [2.45, 2.75) is 52.6 Å². The van der Waals surface area contributed by atoms with E-state index < -0.39 is 0 Å². The number of carbonyl (C=O) groups is 1. The highest BCUT2D eigenvalue weighted by molar-refractivity contribution is 9.10. The molecular weight excluding hydrogens is 464 g/mol. The molecular formula is C23H29BrN2O3S. The molecule has 0 fully saturated rings. The fourth-order valence-electron chi connectivity index (χ4n) is 2.68. The summed E-state index contributed by atoms with van der Waals surface area (Å²) >= 11 is 8.70. The van der Waals surface area contributed by atoms with Crippen LogP contribution in [0.3, 0.4) is 0 Å². The van der Waals surface area contributed by atoms with Gasteiger partial charge < -0.3 is 14.8 Å². The Kier molecular flexibility index (Phi) is 10.1. The summed E-state index contributed by atoms with van der Waals surface area (Å²) in [5.74, 6) is 1.21. The SMILES string of the molecule is CCCCCCOc1ccc(NC(=S)NC(=O)c2ccc(OC(C)C)c(Br)c2)cc1. The van der Waals surface area contributed by atoms with Crippen LogP contribution in [0.15, 0.2) is 46.9 Å². The summed E-state index contributed by atoms with van der Waals surface area (Å²) in [5.41, 5.74) is 1.26. The van der Waals surface area contributed by atoms with Crippen molar-refractivity contribution < 1.29 is 14.3 Å². The molecule has 30 heavy (non-hydrogen) atoms. The van der Waals surface area contributed by atoms with Gasteiger partial charge in [0.2, 0.25) is 0 Å². The molecule has 2 aromatic carbocycles. The van der Waals surface area contributed by atoms with Crippen molar-refractivity contribution in [3.8, 4) is 11.5 Å². The number of hydrogen-bond acceptors (Lipinski definition) is 4. The molecule has 0 aliphatic heterocycles. The van der Waals surface area contributed by atoms with Gasteiger partial charge in [0, 0.05) is 11.3 Å². The molecule has 0 unspecified atom stereocenters. The standard InChI is InChI=1S/C23H29BrN2O3S/c1-4-5-6-7-14-28-19-11-9-18(10-12-19)25-23(30)26-22(27)17-8-13-21(20(24)15-17)29-16(2)3/h8-13,15-16H,4-7,14H2,1-3H3,(H2,25,26,27,30). The monoisotopic (exact) mass is 492 g/mol. The smallest absolute Gasteiger partial charge is 0.257 e. The number of rotatable bonds is 10. The zero-order valence-corrected chi connectivity index (χ0v) is 20.1. The average molecular weight is 493 g/mol. The largest absolute Gasteiger partial charge is 0.494 e. The minimum atomic E-state index is -0.295. The maximum absolute atomic E-state index is 12.5. The molecule has 0 saturated carbocycles. The maximum Gasteiger partial charge on any atom is 0.257 e. The highest BCUT2D eigenvalue weighted by atomic mass is 79.9. The van der Waals surface area contributed by atoms with Crippen LogP contribution in [0.25, 0.3) is 0 Å². The van der Waals surface area contributed by atoms with E-state index in [2.05, 4.69) is 33.5 Å². The van der Waals surface area contributed by atoms with Crippen LogP contribution in [0.2, 0.25) is 0 Å². The van der Waals surface area contributed by atoms with Gasteiger partial charge >= 0.3 is 0 Å². The molecule has 0 saturated heterocycles. The van der Waals surface area contributed by atoms with E-state index >= 15 is 0 Å². The van der Waals surface area contributed by atoms with Crippen molar-refractivity contribution in [2.75, 3.05) is 11.9 Å². The number of carbonyl (C=O) groups excluding carboxylic acids is 1. The predicted octanol–water partition coefficient (Wildman–Crippen LogP) is 6.32. The molecule has 0 aliphatic rings. The molecule has 0 atom stereocenters. The van der Waals surface area contributed by atoms with Crippen LogP contribution < -0.4 is 20.1 Å². The lowest BCUT2D eigenvalue weighted by atomic mass is 10.2. The second-order valence-electron chi connectivity index (χ2n) is 7.15. The Morgan fingerprint density at radius 2 is 1.83 bits per heavy atom. The fourth-order valence-corrected chi connectivity index (χ4v) is 3.37. The molecule has 2 N–H and O–H groups in total. The molecule has 0 spiro atoms. The first-order valence-electron chi connectivity index (χ1n) is 10.2. The Hall–Kier alpha value is -2.12. The summed E-state index contributed by atoms with van der Waals surface area (Å²) in [6.07, 6.45) is 4.75. The molecule has 2 aromatic rings. The van der Waals surface area contributed by atoms with Crippen LogP contribution in [0.4, 0.5) is 5.69 Å². The fraction of sp³-hybridized carbons (Fsp3) is 0.391. The maximum atomic E-state index is 12.5. The minimum Gasteiger partial charge on any atom is -0.494 e. The van der Waals surface area contributed by atoms with Gasteiger partial charge in [0.05, 0.1) is 17.2 Å². The van der Waals surface area contributed by atoms with E-state index in [9.17, 15) is 4.79 Å². The van der Waals surface area contributed by atoms with Gasteiger partial charge in [-0.3, -0.25) is 10.1 Å². The summed E-state index contributed by atoms with van der Waals surface area (Å²) in [4.78, 5) is 12.5. The normalized spacial score (nSPS) is 10.6. The van der Waals surface area contributed by atoms with Crippen LogP contribution in [-0.2, 0) is 0 Å². The van der Waals surface area contributed by atoms with E-state index in [1.807, 2.05) is 38.1 Å². The summed E-state index contributed by atoms with van der Waals surface area (Å²) in [6, 6.07) is 12.7. The Morgan fingerprint density at radius 1 is 1.10 bits per heavy atom. The van der Waals surface area contributed by atoms with Crippen molar-refractivity contribution >= 4 is 44.9 Å². The van der Waals surface area contributed by atoms with Gasteiger partial charge in [0.1, 0.15) is 11.5 Å². The third-order valence-electron chi connectivity index (χ3n) is 4.16. The first-order valence-corrected chi connectivity index (χ1v) is 11.4. The van der Waals surface area contributed by atoms with Crippen LogP contribution >= 0.6 is 28.1 Å². The molecule has 0 aliphatic carbocycles. The minimum absolute atomic E-state index is 0.0515. The topological polar surface area (TPSA) is 59.6 Å². The second-order valence-corrected chi connectivity index (χ2v) is 8.42. The molecule has 0 bridgehead atoms. The van der Waals surface area contributed by atoms with Crippen LogP contribution in [0, 0.1) is 0 Å². The van der Waals surface area contributed by atoms with Gasteiger partial charge in [0.25, 0.3) is 5.91 Å². The van der Waals surface area contributed by atoms with Gasteiger partial charge in [0.15, 0.2) is 5.11 Å². The van der Waals surface area contributed by atoms with E-state index in [4.69, 9.17) is 21.7 Å². The molecule has 0 heterocycles. The number of amides is 1. The Labute approximate surface area is 192 Å². The summed E-state index contributed by atoms with van der Waals surface area (Å²) < 4.78 is 12.1. The average Bonchev–Trinajstić information content (AvgIpc) is 2.70. The number of anilines is 1. The molecule has 0 radical (unpaired) electrons. The van der Waals surface area contributed by atoms with Crippen molar-refractivity contribution in [3.63, 3.8) is 0 Å². The number of hydrogen-bond donors (Lipinski definition) is 2. The molecule has 1 amide bonds. The summed E-state index contributed by atoms with van der Waals surface area (Å²) in [6.45, 7) is 6.81. The van der Waals surface area contributed by atoms with Gasteiger partial charge in [-0.25, -0.2) is 0 Å². The van der Waals surface area contributed by atoms with Gasteiger partial charge in [-0.05, 0) is 90.9 Å². The molecule has 5 nitrogen and oxygen atoms in total. The molecule has 7 heteroatoms. The first kappa shape index (κ1) is 24.2. The Morgan fingerprint density at radius 3 is 2.47 bits per heavy atom. The molecule has 2 rings (SSSR count). The highest BCUT2D eigenvalue weighted by Gasteiger charge is 2.12. The summed E-state index contributed by atoms with van der Waals surface area (Å²) in [7, 11) is 0. The van der Waals surface area contributed by atoms with Crippen molar-refractivity contribution in [3.05, 3.63) is 52.5 Å². The molecule has 162 valence electrons. The Bertz CT molecular complexity index is 841.